The first-order valence-corrected chi connectivity index (χ1v) is 8.31. The van der Waals surface area contributed by atoms with Gasteiger partial charge in [-0.3, -0.25) is 0 Å². The minimum Gasteiger partial charge on any atom is -0.497 e. The quantitative estimate of drug-likeness (QED) is 0.904. The fraction of sp³-hybridized carbons (Fsp3) is 0.444. The second kappa shape index (κ2) is 7.31. The summed E-state index contributed by atoms with van der Waals surface area (Å²) in [5.74, 6) is 2.45. The molecule has 1 fully saturated rings. The largest absolute Gasteiger partial charge is 0.497 e. The van der Waals surface area contributed by atoms with Crippen LogP contribution in [0.25, 0.3) is 0 Å². The Morgan fingerprint density at radius 3 is 3.04 bits per heavy atom. The number of piperidine rings is 1. The second-order valence-corrected chi connectivity index (χ2v) is 5.85. The van der Waals surface area contributed by atoms with Crippen LogP contribution in [0, 0.1) is 0 Å². The summed E-state index contributed by atoms with van der Waals surface area (Å²) in [6, 6.07) is 10.4. The molecule has 5 heteroatoms. The SMILES string of the molecule is CCC1CCCCN1c1ccnc(Nc2cccc(OC)c2)n1. The van der Waals surface area contributed by atoms with Crippen LogP contribution in [0.2, 0.25) is 0 Å². The van der Waals surface area contributed by atoms with Crippen molar-refractivity contribution in [1.29, 1.82) is 0 Å². The smallest absolute Gasteiger partial charge is 0.229 e. The first-order chi connectivity index (χ1) is 11.3. The molecule has 1 aliphatic heterocycles. The predicted molar refractivity (Wildman–Crippen MR) is 93.6 cm³/mol. The van der Waals surface area contributed by atoms with Gasteiger partial charge in [-0.15, -0.1) is 0 Å². The molecule has 3 rings (SSSR count). The number of benzene rings is 1. The van der Waals surface area contributed by atoms with E-state index in [1.807, 2.05) is 36.5 Å². The van der Waals surface area contributed by atoms with Crippen molar-refractivity contribution in [2.24, 2.45) is 0 Å². The van der Waals surface area contributed by atoms with Gasteiger partial charge in [0.15, 0.2) is 0 Å². The molecule has 0 spiro atoms. The Kier molecular flexibility index (Phi) is 4.95. The van der Waals surface area contributed by atoms with E-state index in [-0.39, 0.29) is 0 Å². The maximum Gasteiger partial charge on any atom is 0.229 e. The van der Waals surface area contributed by atoms with E-state index >= 15 is 0 Å². The fourth-order valence-corrected chi connectivity index (χ4v) is 3.13. The van der Waals surface area contributed by atoms with Gasteiger partial charge in [-0.2, -0.15) is 4.98 Å². The third-order valence-corrected chi connectivity index (χ3v) is 4.36. The molecule has 0 aliphatic carbocycles. The van der Waals surface area contributed by atoms with Gasteiger partial charge >= 0.3 is 0 Å². The summed E-state index contributed by atoms with van der Waals surface area (Å²) >= 11 is 0. The van der Waals surface area contributed by atoms with Crippen molar-refractivity contribution in [1.82, 2.24) is 9.97 Å². The molecule has 0 amide bonds. The molecule has 1 aromatic heterocycles. The Hall–Kier alpha value is -2.30. The number of nitrogens with one attached hydrogen (secondary N) is 1. The average molecular weight is 312 g/mol. The van der Waals surface area contributed by atoms with Crippen LogP contribution in [0.1, 0.15) is 32.6 Å². The lowest BCUT2D eigenvalue weighted by Gasteiger charge is -2.36. The molecule has 122 valence electrons. The van der Waals surface area contributed by atoms with E-state index in [1.54, 1.807) is 7.11 Å². The zero-order chi connectivity index (χ0) is 16.1. The topological polar surface area (TPSA) is 50.3 Å². The van der Waals surface area contributed by atoms with E-state index in [2.05, 4.69) is 22.1 Å². The Morgan fingerprint density at radius 2 is 2.22 bits per heavy atom. The Morgan fingerprint density at radius 1 is 1.30 bits per heavy atom. The molecule has 1 N–H and O–H groups in total. The summed E-state index contributed by atoms with van der Waals surface area (Å²) in [6.45, 7) is 3.33. The molecule has 0 bridgehead atoms. The van der Waals surface area contributed by atoms with Gasteiger partial charge in [-0.25, -0.2) is 4.98 Å². The lowest BCUT2D eigenvalue weighted by Crippen LogP contribution is -2.39. The van der Waals surface area contributed by atoms with E-state index in [1.165, 1.54) is 19.3 Å². The van der Waals surface area contributed by atoms with Crippen LogP contribution >= 0.6 is 0 Å². The molecule has 1 aromatic carbocycles. The minimum atomic E-state index is 0.586. The second-order valence-electron chi connectivity index (χ2n) is 5.85. The number of hydrogen-bond acceptors (Lipinski definition) is 5. The van der Waals surface area contributed by atoms with E-state index < -0.39 is 0 Å². The van der Waals surface area contributed by atoms with Gasteiger partial charge < -0.3 is 15.0 Å². The van der Waals surface area contributed by atoms with E-state index in [0.29, 0.717) is 12.0 Å². The first-order valence-electron chi connectivity index (χ1n) is 8.31. The van der Waals surface area contributed by atoms with Crippen LogP contribution in [0.15, 0.2) is 36.5 Å². The highest BCUT2D eigenvalue weighted by molar-refractivity contribution is 5.57. The maximum atomic E-state index is 5.25. The number of anilines is 3. The van der Waals surface area contributed by atoms with Gasteiger partial charge in [0.05, 0.1) is 7.11 Å². The number of hydrogen-bond donors (Lipinski definition) is 1. The molecule has 0 radical (unpaired) electrons. The average Bonchev–Trinajstić information content (AvgIpc) is 2.62. The molecular weight excluding hydrogens is 288 g/mol. The molecule has 1 atom stereocenters. The van der Waals surface area contributed by atoms with E-state index in [4.69, 9.17) is 9.72 Å². The van der Waals surface area contributed by atoms with Crippen LogP contribution in [0.3, 0.4) is 0 Å². The highest BCUT2D eigenvalue weighted by atomic mass is 16.5. The summed E-state index contributed by atoms with van der Waals surface area (Å²) in [5, 5.41) is 3.26. The minimum absolute atomic E-state index is 0.586. The van der Waals surface area contributed by atoms with Crippen LogP contribution < -0.4 is 15.0 Å². The third-order valence-electron chi connectivity index (χ3n) is 4.36. The van der Waals surface area contributed by atoms with Crippen molar-refractivity contribution in [3.63, 3.8) is 0 Å². The number of rotatable bonds is 5. The van der Waals surface area contributed by atoms with Gasteiger partial charge in [-0.1, -0.05) is 13.0 Å². The molecule has 23 heavy (non-hydrogen) atoms. The number of ether oxygens (including phenoxy) is 1. The Balaban J connectivity index is 1.79. The monoisotopic (exact) mass is 312 g/mol. The highest BCUT2D eigenvalue weighted by Crippen LogP contribution is 2.26. The van der Waals surface area contributed by atoms with Gasteiger partial charge in [0, 0.05) is 30.5 Å². The predicted octanol–water partition coefficient (Wildman–Crippen LogP) is 4.00. The van der Waals surface area contributed by atoms with Gasteiger partial charge in [0.25, 0.3) is 0 Å². The third kappa shape index (κ3) is 3.73. The molecule has 1 saturated heterocycles. The summed E-state index contributed by atoms with van der Waals surface area (Å²) in [5.41, 5.74) is 0.923. The lowest BCUT2D eigenvalue weighted by molar-refractivity contribution is 0.415. The van der Waals surface area contributed by atoms with E-state index in [0.717, 1.165) is 30.2 Å². The molecule has 1 unspecified atom stereocenters. The fourth-order valence-electron chi connectivity index (χ4n) is 3.13. The first kappa shape index (κ1) is 15.6. The van der Waals surface area contributed by atoms with Crippen molar-refractivity contribution in [3.8, 4) is 5.75 Å². The van der Waals surface area contributed by atoms with Gasteiger partial charge in [-0.05, 0) is 43.9 Å². The summed E-state index contributed by atoms with van der Waals surface area (Å²) < 4.78 is 5.25. The van der Waals surface area contributed by atoms with Gasteiger partial charge in [0.1, 0.15) is 11.6 Å². The van der Waals surface area contributed by atoms with Crippen molar-refractivity contribution in [2.45, 2.75) is 38.6 Å². The zero-order valence-electron chi connectivity index (χ0n) is 13.8. The van der Waals surface area contributed by atoms with Crippen molar-refractivity contribution in [2.75, 3.05) is 23.9 Å². The molecule has 2 heterocycles. The van der Waals surface area contributed by atoms with Crippen LogP contribution in [0.4, 0.5) is 17.5 Å². The molecule has 0 saturated carbocycles. The molecular formula is C18H24N4O. The van der Waals surface area contributed by atoms with Crippen molar-refractivity contribution in [3.05, 3.63) is 36.5 Å². The summed E-state index contributed by atoms with van der Waals surface area (Å²) in [7, 11) is 1.66. The highest BCUT2D eigenvalue weighted by Gasteiger charge is 2.22. The van der Waals surface area contributed by atoms with E-state index in [9.17, 15) is 0 Å². The van der Waals surface area contributed by atoms with Crippen LogP contribution in [-0.4, -0.2) is 29.7 Å². The zero-order valence-corrected chi connectivity index (χ0v) is 13.8. The normalized spacial score (nSPS) is 17.8. The number of methoxy groups -OCH3 is 1. The molecule has 2 aromatic rings. The Labute approximate surface area is 137 Å². The lowest BCUT2D eigenvalue weighted by atomic mass is 10.0. The number of nitrogens with zero attached hydrogens (tertiary/aromatic N) is 3. The molecule has 1 aliphatic rings. The number of aromatic nitrogens is 2. The summed E-state index contributed by atoms with van der Waals surface area (Å²) in [6.07, 6.45) is 6.78. The van der Waals surface area contributed by atoms with Crippen molar-refractivity contribution < 1.29 is 4.74 Å². The summed E-state index contributed by atoms with van der Waals surface area (Å²) in [4.78, 5) is 11.5. The molecule has 5 nitrogen and oxygen atoms in total. The van der Waals surface area contributed by atoms with Gasteiger partial charge in [0.2, 0.25) is 5.95 Å². The van der Waals surface area contributed by atoms with Crippen LogP contribution in [0.5, 0.6) is 5.75 Å². The maximum absolute atomic E-state index is 5.25. The Bertz CT molecular complexity index is 646. The van der Waals surface area contributed by atoms with Crippen LogP contribution in [-0.2, 0) is 0 Å². The van der Waals surface area contributed by atoms with Crippen molar-refractivity contribution >= 4 is 17.5 Å². The standard InChI is InChI=1S/C18H24N4O/c1-3-15-8-4-5-12-22(15)17-10-11-19-18(21-17)20-14-7-6-9-16(13-14)23-2/h6-7,9-11,13,15H,3-5,8,12H2,1-2H3,(H,19,20,21).